The maximum atomic E-state index is 5.91. The highest BCUT2D eigenvalue weighted by Crippen LogP contribution is 2.31. The van der Waals surface area contributed by atoms with Crippen molar-refractivity contribution >= 4 is 54.4 Å². The molecule has 22 heavy (non-hydrogen) atoms. The average molecular weight is 442 g/mol. The van der Waals surface area contributed by atoms with Crippen molar-refractivity contribution in [1.82, 2.24) is 4.98 Å². The third-order valence-electron chi connectivity index (χ3n) is 3.29. The number of hydrogen-bond acceptors (Lipinski definition) is 2. The minimum Gasteiger partial charge on any atom is -0.487 e. The van der Waals surface area contributed by atoms with E-state index in [1.54, 1.807) is 0 Å². The molecule has 1 heterocycles. The van der Waals surface area contributed by atoms with Crippen molar-refractivity contribution in [3.8, 4) is 5.75 Å². The Morgan fingerprint density at radius 1 is 1.09 bits per heavy atom. The van der Waals surface area contributed by atoms with Crippen LogP contribution in [0.25, 0.3) is 10.9 Å². The lowest BCUT2D eigenvalue weighted by molar-refractivity contribution is 0.303. The van der Waals surface area contributed by atoms with Gasteiger partial charge in [0.15, 0.2) is 0 Å². The van der Waals surface area contributed by atoms with Crippen molar-refractivity contribution in [3.05, 3.63) is 67.7 Å². The average Bonchev–Trinajstić information content (AvgIpc) is 2.48. The smallest absolute Gasteiger partial charge is 0.141 e. The summed E-state index contributed by atoms with van der Waals surface area (Å²) in [4.78, 5) is 4.63. The number of fused-ring (bicyclic) bond motifs is 1. The van der Waals surface area contributed by atoms with E-state index in [1.165, 1.54) is 0 Å². The van der Waals surface area contributed by atoms with Crippen LogP contribution in [-0.2, 0) is 6.61 Å². The first-order chi connectivity index (χ1) is 10.5. The number of benzene rings is 2. The summed E-state index contributed by atoms with van der Waals surface area (Å²) in [7, 11) is 0. The molecular formula is C17H12Br2ClNO. The number of halogens is 3. The van der Waals surface area contributed by atoms with Crippen LogP contribution in [-0.4, -0.2) is 4.98 Å². The molecule has 0 unspecified atom stereocenters. The van der Waals surface area contributed by atoms with Crippen molar-refractivity contribution in [2.45, 2.75) is 13.5 Å². The van der Waals surface area contributed by atoms with E-state index in [9.17, 15) is 0 Å². The highest BCUT2D eigenvalue weighted by molar-refractivity contribution is 9.11. The quantitative estimate of drug-likeness (QED) is 0.476. The maximum Gasteiger partial charge on any atom is 0.141 e. The SMILES string of the molecule is Cc1nc2c(Br)cc(Br)cc2cc1OCc1ccc(Cl)cc1. The topological polar surface area (TPSA) is 22.1 Å². The third kappa shape index (κ3) is 3.45. The zero-order chi connectivity index (χ0) is 15.7. The van der Waals surface area contributed by atoms with Gasteiger partial charge in [-0.3, -0.25) is 0 Å². The van der Waals surface area contributed by atoms with Crippen LogP contribution < -0.4 is 4.74 Å². The molecule has 3 aromatic rings. The van der Waals surface area contributed by atoms with Gasteiger partial charge < -0.3 is 4.74 Å². The van der Waals surface area contributed by atoms with Crippen LogP contribution in [0.5, 0.6) is 5.75 Å². The molecule has 2 nitrogen and oxygen atoms in total. The second-order valence-corrected chi connectivity index (χ2v) is 7.15. The van der Waals surface area contributed by atoms with E-state index >= 15 is 0 Å². The summed E-state index contributed by atoms with van der Waals surface area (Å²) in [6.07, 6.45) is 0. The van der Waals surface area contributed by atoms with E-state index in [-0.39, 0.29) is 0 Å². The standard InChI is InChI=1S/C17H12Br2ClNO/c1-10-16(22-9-11-2-4-14(20)5-3-11)7-12-6-13(18)8-15(19)17(12)21-10/h2-8H,9H2,1H3. The minimum atomic E-state index is 0.486. The molecular weight excluding hydrogens is 429 g/mol. The molecule has 5 heteroatoms. The van der Waals surface area contributed by atoms with Gasteiger partial charge in [0.2, 0.25) is 0 Å². The van der Waals surface area contributed by atoms with Crippen molar-refractivity contribution in [2.24, 2.45) is 0 Å². The van der Waals surface area contributed by atoms with Crippen LogP contribution in [0.1, 0.15) is 11.3 Å². The van der Waals surface area contributed by atoms with E-state index in [0.29, 0.717) is 6.61 Å². The molecule has 0 aliphatic rings. The van der Waals surface area contributed by atoms with E-state index in [4.69, 9.17) is 16.3 Å². The Labute approximate surface area is 150 Å². The van der Waals surface area contributed by atoms with Crippen LogP contribution in [0.2, 0.25) is 5.02 Å². The molecule has 0 saturated carbocycles. The third-order valence-corrected chi connectivity index (χ3v) is 4.60. The highest BCUT2D eigenvalue weighted by Gasteiger charge is 2.08. The number of aromatic nitrogens is 1. The molecule has 0 atom stereocenters. The predicted molar refractivity (Wildman–Crippen MR) is 97.7 cm³/mol. The van der Waals surface area contributed by atoms with Gasteiger partial charge in [-0.1, -0.05) is 39.7 Å². The first kappa shape index (κ1) is 15.8. The largest absolute Gasteiger partial charge is 0.487 e. The van der Waals surface area contributed by atoms with Crippen molar-refractivity contribution in [2.75, 3.05) is 0 Å². The molecule has 0 spiro atoms. The van der Waals surface area contributed by atoms with Gasteiger partial charge in [-0.25, -0.2) is 4.98 Å². The lowest BCUT2D eigenvalue weighted by atomic mass is 10.2. The summed E-state index contributed by atoms with van der Waals surface area (Å²) in [5.74, 6) is 0.785. The normalized spacial score (nSPS) is 10.9. The van der Waals surface area contributed by atoms with Gasteiger partial charge in [0.25, 0.3) is 0 Å². The van der Waals surface area contributed by atoms with E-state index < -0.39 is 0 Å². The molecule has 3 rings (SSSR count). The molecule has 0 fully saturated rings. The Kier molecular flexibility index (Phi) is 4.71. The zero-order valence-corrected chi connectivity index (χ0v) is 15.7. The molecule has 0 bridgehead atoms. The number of ether oxygens (including phenoxy) is 1. The Balaban J connectivity index is 1.90. The van der Waals surface area contributed by atoms with Gasteiger partial charge in [-0.05, 0) is 58.7 Å². The summed E-state index contributed by atoms with van der Waals surface area (Å²) in [5, 5.41) is 1.75. The van der Waals surface area contributed by atoms with Gasteiger partial charge in [0.1, 0.15) is 12.4 Å². The van der Waals surface area contributed by atoms with Gasteiger partial charge in [-0.2, -0.15) is 0 Å². The van der Waals surface area contributed by atoms with Crippen molar-refractivity contribution in [1.29, 1.82) is 0 Å². The Hall–Kier alpha value is -1.10. The molecule has 0 aliphatic carbocycles. The maximum absolute atomic E-state index is 5.91. The first-order valence-corrected chi connectivity index (χ1v) is 8.63. The van der Waals surface area contributed by atoms with E-state index in [0.717, 1.165) is 41.9 Å². The summed E-state index contributed by atoms with van der Waals surface area (Å²) in [5.41, 5.74) is 2.86. The Morgan fingerprint density at radius 2 is 1.82 bits per heavy atom. The fourth-order valence-corrected chi connectivity index (χ4v) is 3.64. The summed E-state index contributed by atoms with van der Waals surface area (Å²) in [6.45, 7) is 2.44. The lowest BCUT2D eigenvalue weighted by Gasteiger charge is -2.11. The number of rotatable bonds is 3. The molecule has 0 radical (unpaired) electrons. The number of aryl methyl sites for hydroxylation is 1. The van der Waals surface area contributed by atoms with Crippen LogP contribution in [0.3, 0.4) is 0 Å². The second kappa shape index (κ2) is 6.57. The molecule has 0 aliphatic heterocycles. The Bertz CT molecular complexity index is 834. The zero-order valence-electron chi connectivity index (χ0n) is 11.7. The van der Waals surface area contributed by atoms with Crippen LogP contribution >= 0.6 is 43.5 Å². The van der Waals surface area contributed by atoms with Crippen molar-refractivity contribution in [3.63, 3.8) is 0 Å². The molecule has 112 valence electrons. The highest BCUT2D eigenvalue weighted by atomic mass is 79.9. The molecule has 0 N–H and O–H groups in total. The van der Waals surface area contributed by atoms with Crippen LogP contribution in [0.15, 0.2) is 51.4 Å². The van der Waals surface area contributed by atoms with Crippen LogP contribution in [0, 0.1) is 6.92 Å². The van der Waals surface area contributed by atoms with E-state index in [2.05, 4.69) is 36.8 Å². The van der Waals surface area contributed by atoms with Crippen LogP contribution in [0.4, 0.5) is 0 Å². The monoisotopic (exact) mass is 439 g/mol. The summed E-state index contributed by atoms with van der Waals surface area (Å²) >= 11 is 12.9. The first-order valence-electron chi connectivity index (χ1n) is 6.66. The van der Waals surface area contributed by atoms with Gasteiger partial charge in [0.05, 0.1) is 11.2 Å². The van der Waals surface area contributed by atoms with Crippen molar-refractivity contribution < 1.29 is 4.74 Å². The van der Waals surface area contributed by atoms with Gasteiger partial charge in [0, 0.05) is 19.4 Å². The molecule has 0 amide bonds. The van der Waals surface area contributed by atoms with E-state index in [1.807, 2.05) is 49.4 Å². The summed E-state index contributed by atoms with van der Waals surface area (Å²) in [6, 6.07) is 13.7. The fraction of sp³-hybridized carbons (Fsp3) is 0.118. The second-order valence-electron chi connectivity index (χ2n) is 4.95. The molecule has 2 aromatic carbocycles. The lowest BCUT2D eigenvalue weighted by Crippen LogP contribution is -1.99. The van der Waals surface area contributed by atoms with Gasteiger partial charge >= 0.3 is 0 Å². The summed E-state index contributed by atoms with van der Waals surface area (Å²) < 4.78 is 7.88. The predicted octanol–water partition coefficient (Wildman–Crippen LogP) is 6.30. The Morgan fingerprint density at radius 3 is 2.55 bits per heavy atom. The fourth-order valence-electron chi connectivity index (χ4n) is 2.17. The number of pyridine rings is 1. The number of nitrogens with zero attached hydrogens (tertiary/aromatic N) is 1. The molecule has 0 saturated heterocycles. The van der Waals surface area contributed by atoms with Gasteiger partial charge in [-0.15, -0.1) is 0 Å². The minimum absolute atomic E-state index is 0.486. The number of hydrogen-bond donors (Lipinski definition) is 0. The molecule has 1 aromatic heterocycles.